The molecule has 0 aliphatic rings. The quantitative estimate of drug-likeness (QED) is 0.254. The maximum Gasteiger partial charge on any atom is 0.314 e. The summed E-state index contributed by atoms with van der Waals surface area (Å²) in [5.41, 5.74) is 6.39. The minimum atomic E-state index is -0.878. The topological polar surface area (TPSA) is 153 Å². The van der Waals surface area contributed by atoms with Crippen molar-refractivity contribution in [1.29, 1.82) is 0 Å². The van der Waals surface area contributed by atoms with Gasteiger partial charge in [0.05, 0.1) is 33.5 Å². The molecule has 0 saturated carbocycles. The van der Waals surface area contributed by atoms with E-state index in [1.54, 1.807) is 10.6 Å². The minimum Gasteiger partial charge on any atom is -0.369 e. The number of imidazole rings is 1. The van der Waals surface area contributed by atoms with E-state index in [9.17, 15) is 19.7 Å². The number of aromatic nitrogens is 4. The van der Waals surface area contributed by atoms with E-state index < -0.39 is 16.0 Å². The monoisotopic (exact) mass is 432 g/mol. The van der Waals surface area contributed by atoms with E-state index in [1.165, 1.54) is 12.1 Å². The van der Waals surface area contributed by atoms with Gasteiger partial charge in [-0.15, -0.1) is 17.0 Å². The number of aromatic amines is 2. The predicted octanol–water partition coefficient (Wildman–Crippen LogP) is 1.68. The van der Waals surface area contributed by atoms with Crippen LogP contribution in [-0.2, 0) is 6.54 Å². The highest BCUT2D eigenvalue weighted by atomic mass is 79.9. The van der Waals surface area contributed by atoms with Crippen molar-refractivity contribution in [3.8, 4) is 0 Å². The van der Waals surface area contributed by atoms with E-state index >= 15 is 0 Å². The van der Waals surface area contributed by atoms with Crippen molar-refractivity contribution in [2.24, 2.45) is 0 Å². The molecule has 0 saturated heterocycles. The van der Waals surface area contributed by atoms with E-state index in [4.69, 9.17) is 5.73 Å². The first kappa shape index (κ1) is 18.3. The third-order valence-corrected chi connectivity index (χ3v) is 4.12. The Morgan fingerprint density at radius 2 is 1.85 bits per heavy atom. The van der Waals surface area contributed by atoms with Crippen molar-refractivity contribution in [2.75, 3.05) is 5.73 Å². The van der Waals surface area contributed by atoms with Crippen molar-refractivity contribution in [1.82, 2.24) is 19.5 Å². The molecule has 0 aliphatic carbocycles. The summed E-state index contributed by atoms with van der Waals surface area (Å²) < 4.78 is 1.68. The minimum absolute atomic E-state index is 0. The summed E-state index contributed by atoms with van der Waals surface area (Å²) in [4.78, 5) is 43.0. The average molecular weight is 433 g/mol. The molecule has 4 rings (SSSR count). The molecule has 0 atom stereocenters. The molecule has 4 N–H and O–H groups in total. The van der Waals surface area contributed by atoms with Gasteiger partial charge in [0, 0.05) is 17.7 Å². The molecule has 2 aromatic carbocycles. The Balaban J connectivity index is 0.00000210. The second kappa shape index (κ2) is 6.68. The van der Waals surface area contributed by atoms with Crippen LogP contribution in [0.5, 0.6) is 0 Å². The zero-order valence-electron chi connectivity index (χ0n) is 13.6. The first-order valence-corrected chi connectivity index (χ1v) is 7.58. The summed E-state index contributed by atoms with van der Waals surface area (Å²) in [7, 11) is 0. The van der Waals surface area contributed by atoms with Crippen LogP contribution in [-0.4, -0.2) is 24.4 Å². The Hall–Kier alpha value is -3.47. The summed E-state index contributed by atoms with van der Waals surface area (Å²) in [6, 6.07) is 9.81. The Labute approximate surface area is 160 Å². The van der Waals surface area contributed by atoms with Crippen LogP contribution in [0.4, 0.5) is 11.6 Å². The maximum atomic E-state index is 11.7. The predicted molar refractivity (Wildman–Crippen MR) is 105 cm³/mol. The molecule has 0 radical (unpaired) electrons. The summed E-state index contributed by atoms with van der Waals surface area (Å²) in [6.07, 6.45) is 0. The average Bonchev–Trinajstić information content (AvgIpc) is 2.92. The van der Waals surface area contributed by atoms with Gasteiger partial charge in [-0.3, -0.25) is 19.7 Å². The molecule has 0 amide bonds. The molecule has 0 spiro atoms. The fourth-order valence-corrected chi connectivity index (χ4v) is 2.94. The molecular formula is C16H13BrN6O4. The normalized spacial score (nSPS) is 10.8. The zero-order chi connectivity index (χ0) is 18.4. The lowest BCUT2D eigenvalue weighted by Crippen LogP contribution is -2.29. The molecule has 0 unspecified atom stereocenters. The summed E-state index contributed by atoms with van der Waals surface area (Å²) in [5.74, 6) is 0.234. The SMILES string of the molecule is Br.Nc1nc2ccccc2n1Cc1cc([N+](=O)[O-])cc2[nH]c(=O)c(=O)[nH]c12. The largest absolute Gasteiger partial charge is 0.369 e. The molecule has 11 heteroatoms. The highest BCUT2D eigenvalue weighted by molar-refractivity contribution is 8.93. The van der Waals surface area contributed by atoms with E-state index in [1.807, 2.05) is 18.2 Å². The van der Waals surface area contributed by atoms with Crippen molar-refractivity contribution in [3.63, 3.8) is 0 Å². The van der Waals surface area contributed by atoms with Gasteiger partial charge in [0.1, 0.15) is 0 Å². The second-order valence-electron chi connectivity index (χ2n) is 5.74. The number of nitrogens with zero attached hydrogens (tertiary/aromatic N) is 3. The number of rotatable bonds is 3. The van der Waals surface area contributed by atoms with Gasteiger partial charge in [0.25, 0.3) is 5.69 Å². The molecule has 0 fully saturated rings. The molecular weight excluding hydrogens is 420 g/mol. The van der Waals surface area contributed by atoms with Gasteiger partial charge < -0.3 is 20.3 Å². The number of H-pyrrole nitrogens is 2. The number of halogens is 1. The number of nitrogens with two attached hydrogens (primary N) is 1. The highest BCUT2D eigenvalue weighted by Crippen LogP contribution is 2.25. The summed E-state index contributed by atoms with van der Waals surface area (Å²) >= 11 is 0. The van der Waals surface area contributed by atoms with Crippen molar-refractivity contribution >= 4 is 50.7 Å². The smallest absolute Gasteiger partial charge is 0.314 e. The first-order valence-electron chi connectivity index (χ1n) is 7.58. The number of hydrogen-bond donors (Lipinski definition) is 3. The van der Waals surface area contributed by atoms with Gasteiger partial charge in [0.15, 0.2) is 0 Å². The van der Waals surface area contributed by atoms with Gasteiger partial charge in [0.2, 0.25) is 5.95 Å². The number of nitro groups is 1. The van der Waals surface area contributed by atoms with Crippen LogP contribution in [0.2, 0.25) is 0 Å². The van der Waals surface area contributed by atoms with Gasteiger partial charge in [-0.05, 0) is 12.1 Å². The Kier molecular flexibility index (Phi) is 4.54. The molecule has 138 valence electrons. The number of nitrogen functional groups attached to an aromatic ring is 1. The van der Waals surface area contributed by atoms with E-state index in [0.717, 1.165) is 5.52 Å². The second-order valence-corrected chi connectivity index (χ2v) is 5.74. The molecule has 0 aliphatic heterocycles. The molecule has 10 nitrogen and oxygen atoms in total. The molecule has 27 heavy (non-hydrogen) atoms. The number of fused-ring (bicyclic) bond motifs is 2. The Morgan fingerprint density at radius 1 is 1.15 bits per heavy atom. The number of nitro benzene ring substituents is 1. The lowest BCUT2D eigenvalue weighted by molar-refractivity contribution is -0.384. The molecule has 0 bridgehead atoms. The van der Waals surface area contributed by atoms with Crippen molar-refractivity contribution in [2.45, 2.75) is 6.54 Å². The summed E-state index contributed by atoms with van der Waals surface area (Å²) in [6.45, 7) is 0.131. The van der Waals surface area contributed by atoms with Crippen LogP contribution in [0, 0.1) is 10.1 Å². The Morgan fingerprint density at radius 3 is 2.59 bits per heavy atom. The fourth-order valence-electron chi connectivity index (χ4n) is 2.94. The van der Waals surface area contributed by atoms with Crippen molar-refractivity contribution in [3.05, 3.63) is 72.8 Å². The lowest BCUT2D eigenvalue weighted by atomic mass is 10.1. The fraction of sp³-hybridized carbons (Fsp3) is 0.0625. The number of para-hydroxylation sites is 2. The van der Waals surface area contributed by atoms with E-state index in [-0.39, 0.29) is 40.7 Å². The van der Waals surface area contributed by atoms with Crippen LogP contribution >= 0.6 is 17.0 Å². The van der Waals surface area contributed by atoms with Crippen molar-refractivity contribution < 1.29 is 4.92 Å². The standard InChI is InChI=1S/C16H12N6O4.BrH/c17-16-19-10-3-1-2-4-12(10)21(16)7-8-5-9(22(25)26)6-11-13(8)20-15(24)14(23)18-11;/h1-6H,7H2,(H2,17,19)(H,18,23)(H,20,24);1H. The summed E-state index contributed by atoms with van der Waals surface area (Å²) in [5, 5.41) is 11.2. The van der Waals surface area contributed by atoms with Crippen LogP contribution in [0.25, 0.3) is 22.1 Å². The van der Waals surface area contributed by atoms with E-state index in [2.05, 4.69) is 15.0 Å². The first-order chi connectivity index (χ1) is 12.4. The number of benzene rings is 2. The number of nitrogens with one attached hydrogen (secondary N) is 2. The van der Waals surface area contributed by atoms with Gasteiger partial charge >= 0.3 is 11.1 Å². The van der Waals surface area contributed by atoms with E-state index in [0.29, 0.717) is 16.6 Å². The van der Waals surface area contributed by atoms with Crippen LogP contribution in [0.15, 0.2) is 46.0 Å². The molecule has 4 aromatic rings. The molecule has 2 aromatic heterocycles. The van der Waals surface area contributed by atoms with Gasteiger partial charge in [-0.25, -0.2) is 4.98 Å². The Bertz CT molecular complexity index is 1310. The van der Waals surface area contributed by atoms with Crippen LogP contribution < -0.4 is 16.9 Å². The van der Waals surface area contributed by atoms with Crippen LogP contribution in [0.3, 0.4) is 0 Å². The highest BCUT2D eigenvalue weighted by Gasteiger charge is 2.16. The van der Waals surface area contributed by atoms with Gasteiger partial charge in [-0.2, -0.15) is 0 Å². The zero-order valence-corrected chi connectivity index (χ0v) is 15.3. The lowest BCUT2D eigenvalue weighted by Gasteiger charge is -2.09. The third-order valence-electron chi connectivity index (χ3n) is 4.12. The maximum absolute atomic E-state index is 11.7. The number of non-ortho nitro benzene ring substituents is 1. The van der Waals surface area contributed by atoms with Gasteiger partial charge in [-0.1, -0.05) is 12.1 Å². The number of hydrogen-bond acceptors (Lipinski definition) is 6. The third kappa shape index (κ3) is 3.08. The molecule has 2 heterocycles. The van der Waals surface area contributed by atoms with Crippen LogP contribution in [0.1, 0.15) is 5.56 Å². The number of anilines is 1.